The van der Waals surface area contributed by atoms with Gasteiger partial charge in [-0.15, -0.1) is 57.1 Å². The number of methoxy groups -OCH3 is 4. The summed E-state index contributed by atoms with van der Waals surface area (Å²) in [5, 5.41) is 6.95. The van der Waals surface area contributed by atoms with E-state index >= 15 is 0 Å². The smallest absolute Gasteiger partial charge is 0.357 e. The van der Waals surface area contributed by atoms with Crippen molar-refractivity contribution in [2.45, 2.75) is 220 Å². The Bertz CT molecular complexity index is 3740. The zero-order valence-electron chi connectivity index (χ0n) is 66.0. The molecule has 0 fully saturated rings. The van der Waals surface area contributed by atoms with Gasteiger partial charge in [-0.1, -0.05) is 148 Å². The quantitative estimate of drug-likeness (QED) is 0.0113. The summed E-state index contributed by atoms with van der Waals surface area (Å²) in [4.78, 5) is 113. The van der Waals surface area contributed by atoms with Crippen LogP contribution in [0.2, 0.25) is 0 Å². The van der Waals surface area contributed by atoms with Crippen LogP contribution in [-0.2, 0) is 36.7 Å². The van der Waals surface area contributed by atoms with Crippen molar-refractivity contribution in [3.05, 3.63) is 173 Å². The summed E-state index contributed by atoms with van der Waals surface area (Å²) in [7, 11) is 5.11. The number of thiazole rings is 4. The van der Waals surface area contributed by atoms with Crippen molar-refractivity contribution in [1.82, 2.24) is 19.9 Å². The van der Waals surface area contributed by atoms with E-state index in [2.05, 4.69) is 78.7 Å². The summed E-state index contributed by atoms with van der Waals surface area (Å²) in [6, 6.07) is 30.4. The maximum absolute atomic E-state index is 12.5. The van der Waals surface area contributed by atoms with Crippen LogP contribution < -0.4 is 23.7 Å². The van der Waals surface area contributed by atoms with Gasteiger partial charge in [0, 0.05) is 33.0 Å². The van der Waals surface area contributed by atoms with Crippen molar-refractivity contribution in [3.8, 4) is 28.7 Å². The molecular weight excluding hydrogens is 1510 g/mol. The average molecular weight is 1620 g/mol. The van der Waals surface area contributed by atoms with E-state index in [0.29, 0.717) is 36.2 Å². The molecule has 8 rings (SSSR count). The topological polar surface area (TPSA) is 280 Å². The number of rotatable bonds is 47. The molecule has 0 aliphatic rings. The normalized spacial score (nSPS) is 11.8. The van der Waals surface area contributed by atoms with Crippen LogP contribution in [0.1, 0.15) is 270 Å². The molecule has 0 saturated heterocycles. The number of Topliss-reactive ketones (excluding diaryl/α,β-unsaturated/α-hetero) is 4. The summed E-state index contributed by atoms with van der Waals surface area (Å²) < 4.78 is 52.7. The van der Waals surface area contributed by atoms with Gasteiger partial charge in [0.15, 0.2) is 67.2 Å². The molecule has 111 heavy (non-hydrogen) atoms. The SMILES string of the molecule is CCCCCCCCc1ccc(OC(C)C(=O)c2nc(C(=O)OC)cs2)cc1.CCCCCCCOc1ccc(OC(C)C(=O)c2nc(C(=O)OC)cs2)cc1.CCCCCCOCc1ccc(OC(C)C(=O)c2nc(C(=O)OC)cs2)cc1.CCCCCCSc1ccc(OC(C)C(=O)c2nc(C(=O)OC)cs2)cc1. The monoisotopic (exact) mass is 1620 g/mol. The lowest BCUT2D eigenvalue weighted by molar-refractivity contribution is 0.0585. The van der Waals surface area contributed by atoms with Gasteiger partial charge in [0.05, 0.1) is 41.7 Å². The van der Waals surface area contributed by atoms with Crippen LogP contribution in [0.25, 0.3) is 0 Å². The molecular formula is C84H108N4O18S5. The third-order valence-electron chi connectivity index (χ3n) is 16.7. The highest BCUT2D eigenvalue weighted by Crippen LogP contribution is 2.27. The summed E-state index contributed by atoms with van der Waals surface area (Å²) in [5.74, 6) is 1.04. The Kier molecular flexibility index (Phi) is 44.6. The van der Waals surface area contributed by atoms with Gasteiger partial charge in [-0.2, -0.15) is 0 Å². The fourth-order valence-corrected chi connectivity index (χ4v) is 14.4. The number of unbranched alkanes of at least 4 members (excludes halogenated alkanes) is 15. The molecule has 0 saturated carbocycles. The molecule has 0 spiro atoms. The number of hydrogen-bond acceptors (Lipinski definition) is 27. The summed E-state index contributed by atoms with van der Waals surface area (Å²) in [6.45, 7) is 17.5. The van der Waals surface area contributed by atoms with Crippen molar-refractivity contribution >= 4 is 104 Å². The highest BCUT2D eigenvalue weighted by Gasteiger charge is 2.27. The molecule has 0 N–H and O–H groups in total. The predicted molar refractivity (Wildman–Crippen MR) is 437 cm³/mol. The second-order valence-electron chi connectivity index (χ2n) is 25.6. The number of hydrogen-bond donors (Lipinski definition) is 0. The minimum absolute atomic E-state index is 0.124. The van der Waals surface area contributed by atoms with E-state index in [-0.39, 0.29) is 65.9 Å². The van der Waals surface area contributed by atoms with Crippen molar-refractivity contribution in [2.24, 2.45) is 0 Å². The second-order valence-corrected chi connectivity index (χ2v) is 30.2. The van der Waals surface area contributed by atoms with E-state index in [1.807, 2.05) is 84.6 Å². The maximum atomic E-state index is 12.5. The summed E-state index contributed by atoms with van der Waals surface area (Å²) in [5.41, 5.74) is 2.87. The standard InChI is InChI=1S/C22H29NO4S.2C21H27NO5S.C20H25NO4S2/c1-4-5-6-7-8-9-10-17-11-13-18(14-12-17)27-16(2)20(24)21-23-19(15-28-21)22(25)26-3;1-4-5-6-7-12-26-13-16-8-10-17(11-9-16)27-15(2)19(23)20-22-18(14-28-20)21(24)25-3;1-4-5-6-7-8-13-26-16-9-11-17(12-10-16)27-15(2)19(23)20-22-18(14-28-20)21(24)25-3;1-4-5-6-7-12-26-16-10-8-15(9-11-16)25-14(2)18(22)19-21-17(13-27-19)20(23)24-3/h11-16H,4-10H2,1-3H3;8-11,14-15H,4-7,12-13H2,1-3H3;9-12,14-15H,4-8,13H2,1-3H3;8-11,13-14H,4-7,12H2,1-3H3. The number of carbonyl (C=O) groups excluding carboxylic acids is 8. The van der Waals surface area contributed by atoms with Crippen molar-refractivity contribution in [3.63, 3.8) is 0 Å². The summed E-state index contributed by atoms with van der Waals surface area (Å²) >= 11 is 6.26. The van der Waals surface area contributed by atoms with Crippen LogP contribution >= 0.6 is 57.1 Å². The van der Waals surface area contributed by atoms with Crippen molar-refractivity contribution < 1.29 is 85.7 Å². The van der Waals surface area contributed by atoms with Gasteiger partial charge in [-0.05, 0) is 149 Å². The van der Waals surface area contributed by atoms with Crippen LogP contribution in [0.5, 0.6) is 28.7 Å². The number of aryl methyl sites for hydroxylation is 1. The average Bonchev–Trinajstić information content (AvgIpc) is 1.77. The number of esters is 4. The predicted octanol–water partition coefficient (Wildman–Crippen LogP) is 20.3. The molecule has 0 aliphatic carbocycles. The molecule has 4 aromatic carbocycles. The van der Waals surface area contributed by atoms with E-state index in [4.69, 9.17) is 28.4 Å². The van der Waals surface area contributed by atoms with E-state index in [0.717, 1.165) is 88.3 Å². The molecule has 0 aliphatic heterocycles. The zero-order valence-corrected chi connectivity index (χ0v) is 70.1. The number of aromatic nitrogens is 4. The van der Waals surface area contributed by atoms with Crippen LogP contribution in [-0.4, -0.2) is 139 Å². The molecule has 602 valence electrons. The molecule has 4 unspecified atom stereocenters. The first-order chi connectivity index (χ1) is 53.7. The lowest BCUT2D eigenvalue weighted by Crippen LogP contribution is -2.24. The number of thioether (sulfide) groups is 1. The molecule has 27 heteroatoms. The number of nitrogens with zero attached hydrogens (tertiary/aromatic N) is 4. The molecule has 4 aromatic heterocycles. The third-order valence-corrected chi connectivity index (χ3v) is 21.2. The van der Waals surface area contributed by atoms with Crippen molar-refractivity contribution in [2.75, 3.05) is 47.4 Å². The van der Waals surface area contributed by atoms with E-state index in [1.54, 1.807) is 39.8 Å². The van der Waals surface area contributed by atoms with E-state index in [1.165, 1.54) is 170 Å². The van der Waals surface area contributed by atoms with Crippen LogP contribution in [0, 0.1) is 0 Å². The van der Waals surface area contributed by atoms with Gasteiger partial charge in [0.2, 0.25) is 23.1 Å². The number of ketones is 4. The largest absolute Gasteiger partial charge is 0.494 e. The lowest BCUT2D eigenvalue weighted by atomic mass is 10.0. The summed E-state index contributed by atoms with van der Waals surface area (Å²) in [6.07, 6.45) is 21.8. The fraction of sp³-hybridized carbons (Fsp3) is 0.476. The first-order valence-corrected chi connectivity index (χ1v) is 42.4. The van der Waals surface area contributed by atoms with E-state index in [9.17, 15) is 38.4 Å². The van der Waals surface area contributed by atoms with Gasteiger partial charge in [0.25, 0.3) is 0 Å². The molecule has 4 atom stereocenters. The Morgan fingerprint density at radius 1 is 0.342 bits per heavy atom. The van der Waals surface area contributed by atoms with Gasteiger partial charge in [-0.25, -0.2) is 39.1 Å². The molecule has 22 nitrogen and oxygen atoms in total. The fourth-order valence-electron chi connectivity index (χ4n) is 10.2. The van der Waals surface area contributed by atoms with Gasteiger partial charge in [-0.3, -0.25) is 19.2 Å². The minimum atomic E-state index is -0.720. The third kappa shape index (κ3) is 34.4. The second kappa shape index (κ2) is 53.3. The molecule has 0 radical (unpaired) electrons. The van der Waals surface area contributed by atoms with Crippen LogP contribution in [0.4, 0.5) is 0 Å². The first-order valence-electron chi connectivity index (χ1n) is 37.9. The lowest BCUT2D eigenvalue weighted by Gasteiger charge is -2.13. The van der Waals surface area contributed by atoms with Crippen LogP contribution in [0.15, 0.2) is 123 Å². The first kappa shape index (κ1) is 92.9. The molecule has 0 amide bonds. The number of carbonyl (C=O) groups is 8. The Balaban J connectivity index is 0.000000265. The van der Waals surface area contributed by atoms with E-state index < -0.39 is 48.3 Å². The van der Waals surface area contributed by atoms with Gasteiger partial charge < -0.3 is 47.4 Å². The van der Waals surface area contributed by atoms with Crippen molar-refractivity contribution in [1.29, 1.82) is 0 Å². The molecule has 0 bridgehead atoms. The Morgan fingerprint density at radius 3 is 0.991 bits per heavy atom. The highest BCUT2D eigenvalue weighted by molar-refractivity contribution is 7.99. The Morgan fingerprint density at radius 2 is 0.631 bits per heavy atom. The molecule has 8 aromatic rings. The zero-order chi connectivity index (χ0) is 80.7. The van der Waals surface area contributed by atoms with Crippen LogP contribution in [0.3, 0.4) is 0 Å². The highest BCUT2D eigenvalue weighted by atomic mass is 32.2. The maximum Gasteiger partial charge on any atom is 0.357 e. The Hall–Kier alpha value is -8.73. The van der Waals surface area contributed by atoms with Gasteiger partial charge in [0.1, 0.15) is 28.7 Å². The number of ether oxygens (including phenoxy) is 10. The number of benzene rings is 4. The Labute approximate surface area is 673 Å². The minimum Gasteiger partial charge on any atom is -0.494 e. The van der Waals surface area contributed by atoms with Gasteiger partial charge >= 0.3 is 23.9 Å². The molecule has 4 heterocycles.